The predicted molar refractivity (Wildman–Crippen MR) is 58.4 cm³/mol. The highest BCUT2D eigenvalue weighted by molar-refractivity contribution is 5.94. The van der Waals surface area contributed by atoms with E-state index in [0.717, 1.165) is 12.8 Å². The maximum absolute atomic E-state index is 11.7. The Morgan fingerprint density at radius 2 is 2.50 bits per heavy atom. The molecule has 1 amide bonds. The molecule has 0 aliphatic carbocycles. The van der Waals surface area contributed by atoms with Crippen LogP contribution in [-0.2, 0) is 9.53 Å². The van der Waals surface area contributed by atoms with Crippen molar-refractivity contribution in [2.45, 2.75) is 18.9 Å². The van der Waals surface area contributed by atoms with Crippen LogP contribution in [0.1, 0.15) is 12.8 Å². The second-order valence-corrected chi connectivity index (χ2v) is 3.58. The summed E-state index contributed by atoms with van der Waals surface area (Å²) in [6.07, 6.45) is 2.97. The van der Waals surface area contributed by atoms with Crippen molar-refractivity contribution < 1.29 is 14.3 Å². The highest BCUT2D eigenvalue weighted by Gasteiger charge is 2.23. The van der Waals surface area contributed by atoms with Crippen LogP contribution in [0.15, 0.2) is 18.3 Å². The first-order chi connectivity index (χ1) is 7.79. The Morgan fingerprint density at radius 3 is 3.06 bits per heavy atom. The number of anilines is 1. The lowest BCUT2D eigenvalue weighted by Crippen LogP contribution is -2.26. The van der Waals surface area contributed by atoms with E-state index < -0.39 is 0 Å². The van der Waals surface area contributed by atoms with Gasteiger partial charge in [-0.05, 0) is 18.9 Å². The first-order valence-corrected chi connectivity index (χ1v) is 5.22. The Hall–Kier alpha value is -1.62. The number of hydrogen-bond acceptors (Lipinski definition) is 4. The van der Waals surface area contributed by atoms with Gasteiger partial charge in [0.1, 0.15) is 6.10 Å². The van der Waals surface area contributed by atoms with Gasteiger partial charge in [0.25, 0.3) is 5.91 Å². The first-order valence-electron chi connectivity index (χ1n) is 5.22. The summed E-state index contributed by atoms with van der Waals surface area (Å²) in [5.41, 5.74) is 0.654. The molecule has 86 valence electrons. The van der Waals surface area contributed by atoms with Crippen molar-refractivity contribution in [1.82, 2.24) is 4.98 Å². The monoisotopic (exact) mass is 222 g/mol. The van der Waals surface area contributed by atoms with Crippen molar-refractivity contribution in [2.75, 3.05) is 19.0 Å². The van der Waals surface area contributed by atoms with E-state index in [2.05, 4.69) is 10.3 Å². The molecular weight excluding hydrogens is 208 g/mol. The fourth-order valence-electron chi connectivity index (χ4n) is 1.58. The molecule has 16 heavy (non-hydrogen) atoms. The highest BCUT2D eigenvalue weighted by Crippen LogP contribution is 2.16. The maximum atomic E-state index is 11.7. The van der Waals surface area contributed by atoms with E-state index in [9.17, 15) is 4.79 Å². The molecule has 0 spiro atoms. The summed E-state index contributed by atoms with van der Waals surface area (Å²) in [5, 5.41) is 2.75. The normalized spacial score (nSPS) is 19.4. The van der Waals surface area contributed by atoms with Crippen LogP contribution in [0.25, 0.3) is 0 Å². The molecule has 1 aliphatic rings. The summed E-state index contributed by atoms with van der Waals surface area (Å²) in [6.45, 7) is 0.666. The van der Waals surface area contributed by atoms with Gasteiger partial charge in [0.05, 0.1) is 19.0 Å². The third-order valence-corrected chi connectivity index (χ3v) is 2.44. The van der Waals surface area contributed by atoms with E-state index in [0.29, 0.717) is 18.2 Å². The average Bonchev–Trinajstić information content (AvgIpc) is 2.83. The van der Waals surface area contributed by atoms with Gasteiger partial charge < -0.3 is 14.8 Å². The number of carbonyl (C=O) groups excluding carboxylic acids is 1. The van der Waals surface area contributed by atoms with Gasteiger partial charge in [0.15, 0.2) is 0 Å². The number of hydrogen-bond donors (Lipinski definition) is 1. The first kappa shape index (κ1) is 10.9. The molecule has 1 aromatic heterocycles. The zero-order chi connectivity index (χ0) is 11.4. The van der Waals surface area contributed by atoms with Crippen LogP contribution >= 0.6 is 0 Å². The molecule has 1 saturated heterocycles. The standard InChI is InChI=1S/C11H14N2O3/c1-15-10-5-4-8(7-12-10)13-11(14)9-3-2-6-16-9/h4-5,7,9H,2-3,6H2,1H3,(H,13,14)/t9-/m0/s1. The predicted octanol–water partition coefficient (Wildman–Crippen LogP) is 1.21. The van der Waals surface area contributed by atoms with E-state index in [-0.39, 0.29) is 12.0 Å². The number of pyridine rings is 1. The number of methoxy groups -OCH3 is 1. The molecule has 0 unspecified atom stereocenters. The highest BCUT2D eigenvalue weighted by atomic mass is 16.5. The Bertz CT molecular complexity index is 358. The molecule has 1 aliphatic heterocycles. The number of carbonyl (C=O) groups is 1. The van der Waals surface area contributed by atoms with Crippen molar-refractivity contribution in [2.24, 2.45) is 0 Å². The quantitative estimate of drug-likeness (QED) is 0.835. The number of nitrogens with zero attached hydrogens (tertiary/aromatic N) is 1. The van der Waals surface area contributed by atoms with E-state index in [4.69, 9.17) is 9.47 Å². The van der Waals surface area contributed by atoms with Crippen molar-refractivity contribution in [3.8, 4) is 5.88 Å². The molecule has 1 aromatic rings. The molecule has 1 atom stereocenters. The second-order valence-electron chi connectivity index (χ2n) is 3.58. The maximum Gasteiger partial charge on any atom is 0.253 e. The van der Waals surface area contributed by atoms with Crippen molar-refractivity contribution in [1.29, 1.82) is 0 Å². The third kappa shape index (κ3) is 2.49. The van der Waals surface area contributed by atoms with Crippen LogP contribution < -0.4 is 10.1 Å². The average molecular weight is 222 g/mol. The number of aromatic nitrogens is 1. The molecule has 1 fully saturated rings. The van der Waals surface area contributed by atoms with E-state index in [1.54, 1.807) is 25.4 Å². The van der Waals surface area contributed by atoms with Crippen LogP contribution in [0.2, 0.25) is 0 Å². The van der Waals surface area contributed by atoms with Crippen molar-refractivity contribution in [3.05, 3.63) is 18.3 Å². The van der Waals surface area contributed by atoms with E-state index in [1.807, 2.05) is 0 Å². The molecule has 2 heterocycles. The van der Waals surface area contributed by atoms with Gasteiger partial charge in [-0.3, -0.25) is 4.79 Å². The molecule has 0 radical (unpaired) electrons. The lowest BCUT2D eigenvalue weighted by molar-refractivity contribution is -0.124. The summed E-state index contributed by atoms with van der Waals surface area (Å²) >= 11 is 0. The Morgan fingerprint density at radius 1 is 1.62 bits per heavy atom. The van der Waals surface area contributed by atoms with Gasteiger partial charge in [-0.2, -0.15) is 0 Å². The molecule has 0 bridgehead atoms. The summed E-state index contributed by atoms with van der Waals surface area (Å²) in [4.78, 5) is 15.7. The van der Waals surface area contributed by atoms with Crippen LogP contribution in [0, 0.1) is 0 Å². The minimum atomic E-state index is -0.317. The Balaban J connectivity index is 1.94. The van der Waals surface area contributed by atoms with Crippen LogP contribution in [0.5, 0.6) is 5.88 Å². The summed E-state index contributed by atoms with van der Waals surface area (Å²) < 4.78 is 10.2. The van der Waals surface area contributed by atoms with Gasteiger partial charge >= 0.3 is 0 Å². The van der Waals surface area contributed by atoms with Gasteiger partial charge in [0, 0.05) is 12.7 Å². The zero-order valence-corrected chi connectivity index (χ0v) is 9.10. The summed E-state index contributed by atoms with van der Waals surface area (Å²) in [7, 11) is 1.55. The molecule has 1 N–H and O–H groups in total. The van der Waals surface area contributed by atoms with Crippen LogP contribution in [0.4, 0.5) is 5.69 Å². The lowest BCUT2D eigenvalue weighted by atomic mass is 10.2. The van der Waals surface area contributed by atoms with Crippen LogP contribution in [-0.4, -0.2) is 30.7 Å². The van der Waals surface area contributed by atoms with Gasteiger partial charge in [-0.1, -0.05) is 0 Å². The van der Waals surface area contributed by atoms with Gasteiger partial charge in [0.2, 0.25) is 5.88 Å². The second kappa shape index (κ2) is 4.94. The van der Waals surface area contributed by atoms with Crippen molar-refractivity contribution >= 4 is 11.6 Å². The number of nitrogens with one attached hydrogen (secondary N) is 1. The molecule has 2 rings (SSSR count). The van der Waals surface area contributed by atoms with E-state index in [1.165, 1.54) is 0 Å². The Labute approximate surface area is 93.8 Å². The van der Waals surface area contributed by atoms with Crippen molar-refractivity contribution in [3.63, 3.8) is 0 Å². The summed E-state index contributed by atoms with van der Waals surface area (Å²) in [6, 6.07) is 3.45. The molecule has 0 aromatic carbocycles. The fraction of sp³-hybridized carbons (Fsp3) is 0.455. The fourth-order valence-corrected chi connectivity index (χ4v) is 1.58. The molecular formula is C11H14N2O3. The molecule has 5 nitrogen and oxygen atoms in total. The topological polar surface area (TPSA) is 60.5 Å². The number of rotatable bonds is 3. The lowest BCUT2D eigenvalue weighted by Gasteiger charge is -2.10. The minimum Gasteiger partial charge on any atom is -0.481 e. The zero-order valence-electron chi connectivity index (χ0n) is 9.10. The SMILES string of the molecule is COc1ccc(NC(=O)[C@@H]2CCCO2)cn1. The third-order valence-electron chi connectivity index (χ3n) is 2.44. The molecule has 5 heteroatoms. The van der Waals surface area contributed by atoms with E-state index >= 15 is 0 Å². The Kier molecular flexibility index (Phi) is 3.36. The summed E-state index contributed by atoms with van der Waals surface area (Å²) in [5.74, 6) is 0.416. The van der Waals surface area contributed by atoms with Gasteiger partial charge in [-0.15, -0.1) is 0 Å². The number of amides is 1. The molecule has 0 saturated carbocycles. The van der Waals surface area contributed by atoms with Gasteiger partial charge in [-0.25, -0.2) is 4.98 Å². The number of ether oxygens (including phenoxy) is 2. The van der Waals surface area contributed by atoms with Crippen LogP contribution in [0.3, 0.4) is 0 Å². The smallest absolute Gasteiger partial charge is 0.253 e. The largest absolute Gasteiger partial charge is 0.481 e. The minimum absolute atomic E-state index is 0.107.